The largest absolute Gasteiger partial charge is 0.469 e. The first-order chi connectivity index (χ1) is 15.8. The van der Waals surface area contributed by atoms with Gasteiger partial charge < -0.3 is 15.6 Å². The number of hydrogen-bond donors (Lipinski definition) is 2. The number of benzene rings is 2. The number of nitrogens with two attached hydrogens (primary N) is 1. The second-order valence-corrected chi connectivity index (χ2v) is 8.31. The maximum Gasteiger partial charge on any atom is 0.293 e. The van der Waals surface area contributed by atoms with Crippen molar-refractivity contribution < 1.29 is 14.1 Å². The molecule has 0 aliphatic carbocycles. The van der Waals surface area contributed by atoms with Crippen LogP contribution in [0.15, 0.2) is 70.4 Å². The summed E-state index contributed by atoms with van der Waals surface area (Å²) in [5.41, 5.74) is 2.01. The fourth-order valence-electron chi connectivity index (χ4n) is 3.26. The van der Waals surface area contributed by atoms with Crippen molar-refractivity contribution in [3.05, 3.63) is 87.9 Å². The number of anilines is 1. The van der Waals surface area contributed by atoms with Crippen molar-refractivity contribution in [2.24, 2.45) is 0 Å². The van der Waals surface area contributed by atoms with Gasteiger partial charge in [0.2, 0.25) is 11.1 Å². The van der Waals surface area contributed by atoms with Crippen molar-refractivity contribution in [1.82, 2.24) is 14.9 Å². The molecule has 0 unspecified atom stereocenters. The van der Waals surface area contributed by atoms with Gasteiger partial charge in [-0.3, -0.25) is 14.9 Å². The van der Waals surface area contributed by atoms with Gasteiger partial charge in [-0.2, -0.15) is 0 Å². The Hall–Kier alpha value is -4.12. The number of amides is 1. The zero-order valence-electron chi connectivity index (χ0n) is 17.8. The molecular formula is C22H20N6O4S. The zero-order chi connectivity index (χ0) is 23.5. The van der Waals surface area contributed by atoms with Crippen LogP contribution in [0.4, 0.5) is 11.4 Å². The minimum atomic E-state index is -0.795. The Kier molecular flexibility index (Phi) is 6.13. The molecule has 0 aliphatic rings. The average Bonchev–Trinajstić information content (AvgIpc) is 3.38. The van der Waals surface area contributed by atoms with Gasteiger partial charge in [0, 0.05) is 6.07 Å². The third-order valence-corrected chi connectivity index (χ3v) is 6.15. The number of hydrogen-bond acceptors (Lipinski definition) is 8. The fourth-order valence-corrected chi connectivity index (χ4v) is 4.22. The third-order valence-electron chi connectivity index (χ3n) is 4.94. The van der Waals surface area contributed by atoms with Gasteiger partial charge in [-0.1, -0.05) is 48.2 Å². The van der Waals surface area contributed by atoms with Gasteiger partial charge in [-0.25, -0.2) is 4.68 Å². The molecule has 1 atom stereocenters. The van der Waals surface area contributed by atoms with Gasteiger partial charge in [0.1, 0.15) is 16.7 Å². The molecule has 168 valence electrons. The number of carbonyl (C=O) groups excluding carboxylic acids is 1. The van der Waals surface area contributed by atoms with E-state index in [-0.39, 0.29) is 11.4 Å². The first-order valence-electron chi connectivity index (χ1n) is 9.87. The van der Waals surface area contributed by atoms with Gasteiger partial charge in [0.25, 0.3) is 5.69 Å². The number of thioether (sulfide) groups is 1. The van der Waals surface area contributed by atoms with E-state index >= 15 is 0 Å². The summed E-state index contributed by atoms with van der Waals surface area (Å²) in [4.78, 5) is 24.3. The van der Waals surface area contributed by atoms with Crippen LogP contribution >= 0.6 is 11.8 Å². The topological polar surface area (TPSA) is 142 Å². The Morgan fingerprint density at radius 2 is 1.94 bits per heavy atom. The number of carbonyl (C=O) groups is 1. The van der Waals surface area contributed by atoms with Crippen molar-refractivity contribution in [3.8, 4) is 11.4 Å². The SMILES string of the molecule is Cc1ccc(NC(=O)[C@@H](Sc2nnc(-c3ccoc3C)n2N)c2ccccc2)c([N+](=O)[O-])c1. The van der Waals surface area contributed by atoms with Crippen molar-refractivity contribution in [2.45, 2.75) is 24.3 Å². The number of rotatable bonds is 7. The summed E-state index contributed by atoms with van der Waals surface area (Å²) in [6.07, 6.45) is 1.53. The number of nitrogens with zero attached hydrogens (tertiary/aromatic N) is 4. The monoisotopic (exact) mass is 464 g/mol. The van der Waals surface area contributed by atoms with Crippen LogP contribution in [-0.4, -0.2) is 25.7 Å². The van der Waals surface area contributed by atoms with Crippen LogP contribution in [-0.2, 0) is 4.79 Å². The molecule has 0 bridgehead atoms. The molecule has 0 spiro atoms. The van der Waals surface area contributed by atoms with E-state index < -0.39 is 16.1 Å². The molecule has 0 aliphatic heterocycles. The van der Waals surface area contributed by atoms with Crippen molar-refractivity contribution in [2.75, 3.05) is 11.2 Å². The average molecular weight is 465 g/mol. The molecule has 4 aromatic rings. The summed E-state index contributed by atoms with van der Waals surface area (Å²) in [7, 11) is 0. The van der Waals surface area contributed by atoms with Crippen LogP contribution in [0.2, 0.25) is 0 Å². The van der Waals surface area contributed by atoms with E-state index in [4.69, 9.17) is 10.3 Å². The van der Waals surface area contributed by atoms with Gasteiger partial charge in [0.15, 0.2) is 5.82 Å². The molecule has 2 aromatic heterocycles. The number of aromatic nitrogens is 3. The van der Waals surface area contributed by atoms with E-state index in [0.29, 0.717) is 33.4 Å². The quantitative estimate of drug-likeness (QED) is 0.179. The number of nitrogens with one attached hydrogen (secondary N) is 1. The van der Waals surface area contributed by atoms with Crippen molar-refractivity contribution in [3.63, 3.8) is 0 Å². The molecule has 3 N–H and O–H groups in total. The van der Waals surface area contributed by atoms with E-state index in [9.17, 15) is 14.9 Å². The standard InChI is InChI=1S/C22H20N6O4S/c1-13-8-9-17(18(12-13)28(30)31)24-21(29)19(15-6-4-3-5-7-15)33-22-26-25-20(27(22)23)16-10-11-32-14(16)2/h3-12,19H,23H2,1-2H3,(H,24,29)/t19-/m0/s1. The summed E-state index contributed by atoms with van der Waals surface area (Å²) in [5, 5.41) is 22.0. The van der Waals surface area contributed by atoms with Crippen LogP contribution in [0.25, 0.3) is 11.4 Å². The number of furan rings is 1. The summed E-state index contributed by atoms with van der Waals surface area (Å²) >= 11 is 1.09. The normalized spacial score (nSPS) is 11.8. The number of aryl methyl sites for hydroxylation is 2. The summed E-state index contributed by atoms with van der Waals surface area (Å²) in [6.45, 7) is 3.53. The molecule has 0 radical (unpaired) electrons. The van der Waals surface area contributed by atoms with Crippen molar-refractivity contribution in [1.29, 1.82) is 0 Å². The van der Waals surface area contributed by atoms with Gasteiger partial charge >= 0.3 is 0 Å². The maximum atomic E-state index is 13.3. The zero-order valence-corrected chi connectivity index (χ0v) is 18.6. The number of nitro groups is 1. The van der Waals surface area contributed by atoms with E-state index in [1.165, 1.54) is 23.1 Å². The van der Waals surface area contributed by atoms with E-state index in [2.05, 4.69) is 15.5 Å². The van der Waals surface area contributed by atoms with Crippen LogP contribution in [0.5, 0.6) is 0 Å². The minimum Gasteiger partial charge on any atom is -0.469 e. The first kappa shape index (κ1) is 22.1. The van der Waals surface area contributed by atoms with Crippen LogP contribution in [0.3, 0.4) is 0 Å². The molecule has 0 fully saturated rings. The molecule has 2 aromatic carbocycles. The summed E-state index contributed by atoms with van der Waals surface area (Å²) in [6, 6.07) is 15.4. The Morgan fingerprint density at radius 3 is 2.61 bits per heavy atom. The minimum absolute atomic E-state index is 0.112. The number of nitro benzene ring substituents is 1. The highest BCUT2D eigenvalue weighted by molar-refractivity contribution is 8.00. The molecule has 1 amide bonds. The maximum absolute atomic E-state index is 13.3. The highest BCUT2D eigenvalue weighted by atomic mass is 32.2. The van der Waals surface area contributed by atoms with E-state index in [1.807, 2.05) is 6.07 Å². The third kappa shape index (κ3) is 4.58. The molecule has 11 heteroatoms. The Labute approximate surface area is 192 Å². The molecule has 10 nitrogen and oxygen atoms in total. The first-order valence-corrected chi connectivity index (χ1v) is 10.8. The lowest BCUT2D eigenvalue weighted by atomic mass is 10.1. The van der Waals surface area contributed by atoms with Crippen molar-refractivity contribution >= 4 is 29.0 Å². The second kappa shape index (κ2) is 9.17. The summed E-state index contributed by atoms with van der Waals surface area (Å²) < 4.78 is 6.61. The second-order valence-electron chi connectivity index (χ2n) is 7.24. The van der Waals surface area contributed by atoms with Gasteiger partial charge in [-0.05, 0) is 37.1 Å². The lowest BCUT2D eigenvalue weighted by Gasteiger charge is -2.16. The molecule has 2 heterocycles. The van der Waals surface area contributed by atoms with Crippen LogP contribution in [0, 0.1) is 24.0 Å². The predicted octanol–water partition coefficient (Wildman–Crippen LogP) is 4.25. The Bertz CT molecular complexity index is 1320. The molecule has 0 saturated carbocycles. The fraction of sp³-hybridized carbons (Fsp3) is 0.136. The van der Waals surface area contributed by atoms with Gasteiger partial charge in [-0.15, -0.1) is 10.2 Å². The lowest BCUT2D eigenvalue weighted by molar-refractivity contribution is -0.384. The van der Waals surface area contributed by atoms with Gasteiger partial charge in [0.05, 0.1) is 16.7 Å². The van der Waals surface area contributed by atoms with Crippen LogP contribution in [0.1, 0.15) is 22.1 Å². The molecule has 0 saturated heterocycles. The highest BCUT2D eigenvalue weighted by Crippen LogP contribution is 2.37. The lowest BCUT2D eigenvalue weighted by Crippen LogP contribution is -2.21. The smallest absolute Gasteiger partial charge is 0.293 e. The molecule has 33 heavy (non-hydrogen) atoms. The molecule has 4 rings (SSSR count). The Morgan fingerprint density at radius 1 is 1.18 bits per heavy atom. The molecular weight excluding hydrogens is 444 g/mol. The van der Waals surface area contributed by atoms with Crippen LogP contribution < -0.4 is 11.2 Å². The van der Waals surface area contributed by atoms with E-state index in [1.54, 1.807) is 50.2 Å². The summed E-state index contributed by atoms with van der Waals surface area (Å²) in [5.74, 6) is 6.80. The highest BCUT2D eigenvalue weighted by Gasteiger charge is 2.28. The number of nitrogen functional groups attached to an aromatic ring is 1. The van der Waals surface area contributed by atoms with E-state index in [0.717, 1.165) is 11.8 Å². The predicted molar refractivity (Wildman–Crippen MR) is 124 cm³/mol. The Balaban J connectivity index is 1.67.